The first-order valence-corrected chi connectivity index (χ1v) is 9.45. The molecule has 0 unspecified atom stereocenters. The van der Waals surface area contributed by atoms with E-state index < -0.39 is 0 Å². The highest BCUT2D eigenvalue weighted by molar-refractivity contribution is 7.22. The molecule has 1 saturated heterocycles. The van der Waals surface area contributed by atoms with Gasteiger partial charge in [0.05, 0.1) is 13.2 Å². The van der Waals surface area contributed by atoms with Gasteiger partial charge in [-0.05, 0) is 29.7 Å². The van der Waals surface area contributed by atoms with Crippen LogP contribution in [0.25, 0.3) is 26.2 Å². The normalized spacial score (nSPS) is 15.0. The van der Waals surface area contributed by atoms with Gasteiger partial charge in [-0.25, -0.2) is 4.98 Å². The third-order valence-corrected chi connectivity index (χ3v) is 5.85. The van der Waals surface area contributed by atoms with E-state index in [1.165, 1.54) is 10.1 Å². The van der Waals surface area contributed by atoms with Gasteiger partial charge in [0.1, 0.15) is 5.82 Å². The Hall–Kier alpha value is -2.70. The van der Waals surface area contributed by atoms with Crippen LogP contribution in [0, 0.1) is 0 Å². The molecule has 1 fully saturated rings. The van der Waals surface area contributed by atoms with Gasteiger partial charge >= 0.3 is 0 Å². The Morgan fingerprint density at radius 2 is 1.88 bits per heavy atom. The van der Waals surface area contributed by atoms with E-state index in [1.54, 1.807) is 28.0 Å². The van der Waals surface area contributed by atoms with Crippen molar-refractivity contribution in [3.05, 3.63) is 65.1 Å². The third-order valence-electron chi connectivity index (χ3n) is 4.70. The van der Waals surface area contributed by atoms with Crippen LogP contribution in [0.5, 0.6) is 0 Å². The third kappa shape index (κ3) is 2.58. The maximum Gasteiger partial charge on any atom is 0.259 e. The number of aromatic nitrogens is 2. The highest BCUT2D eigenvalue weighted by atomic mass is 32.1. The fourth-order valence-corrected chi connectivity index (χ4v) is 4.46. The smallest absolute Gasteiger partial charge is 0.259 e. The molecule has 0 amide bonds. The zero-order valence-electron chi connectivity index (χ0n) is 14.1. The zero-order chi connectivity index (χ0) is 17.5. The molecule has 130 valence electrons. The molecule has 0 atom stereocenters. The summed E-state index contributed by atoms with van der Waals surface area (Å²) in [6, 6.07) is 16.1. The number of hydrogen-bond donors (Lipinski definition) is 0. The summed E-state index contributed by atoms with van der Waals surface area (Å²) < 4.78 is 8.28. The molecule has 6 heteroatoms. The molecule has 5 rings (SSSR count). The molecule has 0 N–H and O–H groups in total. The number of pyridine rings is 1. The molecule has 4 heterocycles. The lowest BCUT2D eigenvalue weighted by Crippen LogP contribution is -2.37. The Morgan fingerprint density at radius 3 is 2.73 bits per heavy atom. The van der Waals surface area contributed by atoms with E-state index in [4.69, 9.17) is 9.72 Å². The van der Waals surface area contributed by atoms with Crippen molar-refractivity contribution in [1.82, 2.24) is 9.38 Å². The van der Waals surface area contributed by atoms with Gasteiger partial charge in [-0.3, -0.25) is 9.20 Å². The zero-order valence-corrected chi connectivity index (χ0v) is 14.9. The molecular formula is C20H17N3O2S. The Kier molecular flexibility index (Phi) is 3.72. The lowest BCUT2D eigenvalue weighted by atomic mass is 10.2. The summed E-state index contributed by atoms with van der Waals surface area (Å²) in [4.78, 5) is 20.8. The summed E-state index contributed by atoms with van der Waals surface area (Å²) in [5.41, 5.74) is 1.63. The molecule has 5 nitrogen and oxygen atoms in total. The van der Waals surface area contributed by atoms with E-state index in [9.17, 15) is 4.79 Å². The van der Waals surface area contributed by atoms with Crippen LogP contribution in [0.1, 0.15) is 0 Å². The van der Waals surface area contributed by atoms with Gasteiger partial charge in [-0.1, -0.05) is 18.2 Å². The Balaban J connectivity index is 1.71. The first kappa shape index (κ1) is 15.5. The maximum absolute atomic E-state index is 12.7. The van der Waals surface area contributed by atoms with Crippen LogP contribution in [0.4, 0.5) is 5.82 Å². The maximum atomic E-state index is 12.7. The van der Waals surface area contributed by atoms with Crippen LogP contribution in [0.3, 0.4) is 0 Å². The molecule has 0 spiro atoms. The van der Waals surface area contributed by atoms with E-state index in [2.05, 4.69) is 23.1 Å². The monoisotopic (exact) mass is 363 g/mol. The van der Waals surface area contributed by atoms with Crippen LogP contribution >= 0.6 is 11.3 Å². The fraction of sp³-hybridized carbons (Fsp3) is 0.200. The Bertz CT molecular complexity index is 1130. The van der Waals surface area contributed by atoms with E-state index >= 15 is 0 Å². The van der Waals surface area contributed by atoms with Crippen LogP contribution in [0.2, 0.25) is 0 Å². The summed E-state index contributed by atoms with van der Waals surface area (Å²) >= 11 is 1.72. The number of hydrogen-bond acceptors (Lipinski definition) is 5. The van der Waals surface area contributed by atoms with Crippen LogP contribution in [-0.2, 0) is 4.74 Å². The minimum Gasteiger partial charge on any atom is -0.378 e. The second-order valence-electron chi connectivity index (χ2n) is 6.32. The summed E-state index contributed by atoms with van der Waals surface area (Å²) in [5, 5.41) is 1.21. The summed E-state index contributed by atoms with van der Waals surface area (Å²) in [5.74, 6) is 0.729. The molecule has 0 radical (unpaired) electrons. The number of nitrogens with zero attached hydrogens (tertiary/aromatic N) is 3. The number of thiophene rings is 1. The van der Waals surface area contributed by atoms with Crippen molar-refractivity contribution in [2.75, 3.05) is 31.2 Å². The van der Waals surface area contributed by atoms with Crippen molar-refractivity contribution in [2.45, 2.75) is 0 Å². The van der Waals surface area contributed by atoms with Gasteiger partial charge in [0.25, 0.3) is 5.56 Å². The highest BCUT2D eigenvalue weighted by Crippen LogP contribution is 2.35. The number of fused-ring (bicyclic) bond motifs is 2. The largest absolute Gasteiger partial charge is 0.378 e. The predicted octanol–water partition coefficient (Wildman–Crippen LogP) is 3.41. The molecule has 3 aromatic heterocycles. The number of benzene rings is 1. The summed E-state index contributed by atoms with van der Waals surface area (Å²) in [7, 11) is 0. The highest BCUT2D eigenvalue weighted by Gasteiger charge is 2.16. The quantitative estimate of drug-likeness (QED) is 0.548. The van der Waals surface area contributed by atoms with Gasteiger partial charge in [-0.2, -0.15) is 0 Å². The molecule has 26 heavy (non-hydrogen) atoms. The number of rotatable bonds is 2. The Morgan fingerprint density at radius 1 is 1.04 bits per heavy atom. The molecule has 1 aromatic carbocycles. The predicted molar refractivity (Wildman–Crippen MR) is 105 cm³/mol. The minimum atomic E-state index is -0.0561. The van der Waals surface area contributed by atoms with Crippen molar-refractivity contribution in [1.29, 1.82) is 0 Å². The van der Waals surface area contributed by atoms with E-state index in [0.717, 1.165) is 29.3 Å². The topological polar surface area (TPSA) is 46.8 Å². The van der Waals surface area contributed by atoms with Crippen molar-refractivity contribution in [3.63, 3.8) is 0 Å². The molecule has 4 aromatic rings. The minimum absolute atomic E-state index is 0.0561. The van der Waals surface area contributed by atoms with Gasteiger partial charge in [0.2, 0.25) is 0 Å². The second kappa shape index (κ2) is 6.23. The molecule has 0 aliphatic carbocycles. The standard InChI is InChI=1S/C20H17N3O2S/c24-19-13-18(22-8-10-25-11-9-22)21-20-15(5-3-7-23(19)20)17-12-14-4-1-2-6-16(14)26-17/h1-7,12-13H,8-11H2. The number of anilines is 1. The number of ether oxygens (including phenoxy) is 1. The van der Waals surface area contributed by atoms with Crippen LogP contribution < -0.4 is 10.5 Å². The molecular weight excluding hydrogens is 346 g/mol. The fourth-order valence-electron chi connectivity index (χ4n) is 3.37. The lowest BCUT2D eigenvalue weighted by Gasteiger charge is -2.27. The van der Waals surface area contributed by atoms with E-state index in [-0.39, 0.29) is 5.56 Å². The van der Waals surface area contributed by atoms with Gasteiger partial charge in [-0.15, -0.1) is 11.3 Å². The van der Waals surface area contributed by atoms with Crippen LogP contribution in [0.15, 0.2) is 59.5 Å². The SMILES string of the molecule is O=c1cc(N2CCOCC2)nc2c(-c3cc4ccccc4s3)cccn12. The van der Waals surface area contributed by atoms with Crippen molar-refractivity contribution in [3.8, 4) is 10.4 Å². The van der Waals surface area contributed by atoms with E-state index in [1.807, 2.05) is 24.3 Å². The first-order valence-electron chi connectivity index (χ1n) is 8.64. The van der Waals surface area contributed by atoms with Gasteiger partial charge in [0.15, 0.2) is 5.65 Å². The van der Waals surface area contributed by atoms with E-state index in [0.29, 0.717) is 18.9 Å². The second-order valence-corrected chi connectivity index (χ2v) is 7.40. The molecule has 0 saturated carbocycles. The first-order chi connectivity index (χ1) is 12.8. The summed E-state index contributed by atoms with van der Waals surface area (Å²) in [6.07, 6.45) is 1.78. The van der Waals surface area contributed by atoms with Crippen molar-refractivity contribution >= 4 is 32.9 Å². The number of morpholine rings is 1. The van der Waals surface area contributed by atoms with Crippen molar-refractivity contribution < 1.29 is 4.74 Å². The molecule has 1 aliphatic rings. The van der Waals surface area contributed by atoms with Crippen molar-refractivity contribution in [2.24, 2.45) is 0 Å². The molecule has 1 aliphatic heterocycles. The van der Waals surface area contributed by atoms with Gasteiger partial charge in [0, 0.05) is 40.5 Å². The summed E-state index contributed by atoms with van der Waals surface area (Å²) in [6.45, 7) is 2.85. The van der Waals surface area contributed by atoms with Crippen LogP contribution in [-0.4, -0.2) is 35.7 Å². The Labute approximate surface area is 154 Å². The molecule has 0 bridgehead atoms. The van der Waals surface area contributed by atoms with Gasteiger partial charge < -0.3 is 9.64 Å². The lowest BCUT2D eigenvalue weighted by molar-refractivity contribution is 0.122. The average molecular weight is 363 g/mol. The average Bonchev–Trinajstić information content (AvgIpc) is 3.12.